The summed E-state index contributed by atoms with van der Waals surface area (Å²) in [6.45, 7) is 2.08. The molecule has 0 fully saturated rings. The smallest absolute Gasteiger partial charge is 0.146 e. The molecule has 0 aromatic heterocycles. The molecule has 0 amide bonds. The average Bonchev–Trinajstić information content (AvgIpc) is 1.90. The molecule has 0 aromatic rings. The molecule has 0 N–H and O–H groups in total. The second kappa shape index (κ2) is 2.62. The molecule has 0 aliphatic heterocycles. The van der Waals surface area contributed by atoms with Crippen LogP contribution in [-0.2, 0) is 4.79 Å². The van der Waals surface area contributed by atoms with Crippen LogP contribution in [0.1, 0.15) is 19.8 Å². The summed E-state index contributed by atoms with van der Waals surface area (Å²) in [4.78, 5) is 10.2. The lowest BCUT2D eigenvalue weighted by Gasteiger charge is -2.04. The Morgan fingerprint density at radius 1 is 1.44 bits per heavy atom. The quantitative estimate of drug-likeness (QED) is 0.485. The summed E-state index contributed by atoms with van der Waals surface area (Å²) < 4.78 is 0. The van der Waals surface area contributed by atoms with Gasteiger partial charge >= 0.3 is 0 Å². The average molecular weight is 122 g/mol. The van der Waals surface area contributed by atoms with Gasteiger partial charge in [-0.15, -0.1) is 0 Å². The van der Waals surface area contributed by atoms with E-state index in [4.69, 9.17) is 0 Å². The molecule has 0 aromatic carbocycles. The molecule has 9 heavy (non-hydrogen) atoms. The van der Waals surface area contributed by atoms with Crippen molar-refractivity contribution in [3.8, 4) is 0 Å². The maximum Gasteiger partial charge on any atom is 0.146 e. The molecule has 0 spiro atoms. The highest BCUT2D eigenvalue weighted by Gasteiger charge is 1.99. The molecule has 1 heteroatoms. The van der Waals surface area contributed by atoms with Gasteiger partial charge in [-0.3, -0.25) is 4.79 Å². The Labute approximate surface area is 55.1 Å². The van der Waals surface area contributed by atoms with Crippen LogP contribution in [0.25, 0.3) is 0 Å². The zero-order valence-electron chi connectivity index (χ0n) is 5.55. The summed E-state index contributed by atoms with van der Waals surface area (Å²) in [5.41, 5.74) is 2.28. The molecule has 0 saturated heterocycles. The molecular formula is C8H10O. The second-order valence-corrected chi connectivity index (χ2v) is 2.37. The number of allylic oxidation sites excluding steroid dienone is 4. The van der Waals surface area contributed by atoms with Crippen molar-refractivity contribution < 1.29 is 4.79 Å². The van der Waals surface area contributed by atoms with Crippen LogP contribution in [0.15, 0.2) is 23.3 Å². The van der Waals surface area contributed by atoms with Crippen molar-refractivity contribution in [2.24, 2.45) is 0 Å². The van der Waals surface area contributed by atoms with Crippen molar-refractivity contribution in [3.05, 3.63) is 23.3 Å². The van der Waals surface area contributed by atoms with Crippen LogP contribution in [-0.4, -0.2) is 6.29 Å². The Morgan fingerprint density at radius 2 is 2.22 bits per heavy atom. The minimum Gasteiger partial charge on any atom is -0.298 e. The Bertz CT molecular complexity index is 175. The number of rotatable bonds is 1. The first-order valence-electron chi connectivity index (χ1n) is 3.14. The Morgan fingerprint density at radius 3 is 2.67 bits per heavy atom. The third-order valence-electron chi connectivity index (χ3n) is 1.54. The van der Waals surface area contributed by atoms with E-state index in [0.717, 1.165) is 24.7 Å². The molecule has 0 bridgehead atoms. The van der Waals surface area contributed by atoms with Crippen molar-refractivity contribution >= 4 is 6.29 Å². The molecular weight excluding hydrogens is 112 g/mol. The van der Waals surface area contributed by atoms with Gasteiger partial charge in [0.05, 0.1) is 0 Å². The second-order valence-electron chi connectivity index (χ2n) is 2.37. The highest BCUT2D eigenvalue weighted by Crippen LogP contribution is 2.15. The van der Waals surface area contributed by atoms with Gasteiger partial charge in [-0.25, -0.2) is 0 Å². The van der Waals surface area contributed by atoms with Gasteiger partial charge in [-0.2, -0.15) is 0 Å². The highest BCUT2D eigenvalue weighted by molar-refractivity contribution is 5.74. The first-order chi connectivity index (χ1) is 4.33. The lowest BCUT2D eigenvalue weighted by atomic mass is 10.0. The molecule has 1 nitrogen and oxygen atoms in total. The van der Waals surface area contributed by atoms with Crippen LogP contribution >= 0.6 is 0 Å². The Kier molecular flexibility index (Phi) is 1.83. The van der Waals surface area contributed by atoms with Crippen LogP contribution in [0.3, 0.4) is 0 Å². The van der Waals surface area contributed by atoms with Gasteiger partial charge in [-0.1, -0.05) is 17.7 Å². The fourth-order valence-corrected chi connectivity index (χ4v) is 0.856. The van der Waals surface area contributed by atoms with Gasteiger partial charge in [0.15, 0.2) is 0 Å². The fourth-order valence-electron chi connectivity index (χ4n) is 0.856. The van der Waals surface area contributed by atoms with E-state index in [0.29, 0.717) is 0 Å². The van der Waals surface area contributed by atoms with E-state index >= 15 is 0 Å². The van der Waals surface area contributed by atoms with Crippen molar-refractivity contribution in [1.29, 1.82) is 0 Å². The van der Waals surface area contributed by atoms with Gasteiger partial charge in [-0.05, 0) is 25.3 Å². The van der Waals surface area contributed by atoms with Gasteiger partial charge in [0.25, 0.3) is 0 Å². The van der Waals surface area contributed by atoms with Crippen LogP contribution in [0.5, 0.6) is 0 Å². The summed E-state index contributed by atoms with van der Waals surface area (Å²) in [6.07, 6.45) is 6.80. The highest BCUT2D eigenvalue weighted by atomic mass is 16.1. The van der Waals surface area contributed by atoms with E-state index in [-0.39, 0.29) is 0 Å². The maximum atomic E-state index is 10.2. The molecule has 1 rings (SSSR count). The molecule has 0 radical (unpaired) electrons. The molecule has 0 heterocycles. The minimum absolute atomic E-state index is 0.917. The molecule has 0 saturated carbocycles. The predicted octanol–water partition coefficient (Wildman–Crippen LogP) is 1.85. The lowest BCUT2D eigenvalue weighted by Crippen LogP contribution is -1.90. The summed E-state index contributed by atoms with van der Waals surface area (Å²) in [7, 11) is 0. The van der Waals surface area contributed by atoms with Crippen molar-refractivity contribution in [2.75, 3.05) is 0 Å². The number of hydrogen-bond donors (Lipinski definition) is 0. The summed E-state index contributed by atoms with van der Waals surface area (Å²) in [6, 6.07) is 0. The maximum absolute atomic E-state index is 10.2. The van der Waals surface area contributed by atoms with Gasteiger partial charge < -0.3 is 0 Å². The predicted molar refractivity (Wildman–Crippen MR) is 37.1 cm³/mol. The Balaban J connectivity index is 2.69. The van der Waals surface area contributed by atoms with Crippen molar-refractivity contribution in [2.45, 2.75) is 19.8 Å². The fraction of sp³-hybridized carbons (Fsp3) is 0.375. The van der Waals surface area contributed by atoms with Crippen LogP contribution in [0.4, 0.5) is 0 Å². The summed E-state index contributed by atoms with van der Waals surface area (Å²) in [5, 5.41) is 0. The normalized spacial score (nSPS) is 18.3. The minimum atomic E-state index is 0.917. The van der Waals surface area contributed by atoms with E-state index in [1.807, 2.05) is 12.2 Å². The number of carbonyl (C=O) groups is 1. The number of carbonyl (C=O) groups excluding carboxylic acids is 1. The molecule has 1 aliphatic rings. The molecule has 1 aliphatic carbocycles. The topological polar surface area (TPSA) is 17.1 Å². The van der Waals surface area contributed by atoms with E-state index in [1.165, 1.54) is 5.57 Å². The van der Waals surface area contributed by atoms with Gasteiger partial charge in [0.2, 0.25) is 0 Å². The van der Waals surface area contributed by atoms with Crippen LogP contribution in [0.2, 0.25) is 0 Å². The largest absolute Gasteiger partial charge is 0.298 e. The lowest BCUT2D eigenvalue weighted by molar-refractivity contribution is -0.105. The van der Waals surface area contributed by atoms with E-state index in [2.05, 4.69) is 6.92 Å². The zero-order valence-corrected chi connectivity index (χ0v) is 5.55. The molecule has 0 atom stereocenters. The van der Waals surface area contributed by atoms with E-state index in [9.17, 15) is 4.79 Å². The van der Waals surface area contributed by atoms with Crippen molar-refractivity contribution in [3.63, 3.8) is 0 Å². The summed E-state index contributed by atoms with van der Waals surface area (Å²) in [5.74, 6) is 0. The van der Waals surface area contributed by atoms with E-state index in [1.54, 1.807) is 0 Å². The standard InChI is InChI=1S/C8H10O/c1-7-2-4-8(6-9)5-3-7/h2,4,6H,3,5H2,1H3. The van der Waals surface area contributed by atoms with Crippen LogP contribution < -0.4 is 0 Å². The molecule has 48 valence electrons. The summed E-state index contributed by atoms with van der Waals surface area (Å²) >= 11 is 0. The first kappa shape index (κ1) is 6.27. The number of hydrogen-bond acceptors (Lipinski definition) is 1. The van der Waals surface area contributed by atoms with Gasteiger partial charge in [0.1, 0.15) is 6.29 Å². The Hall–Kier alpha value is -0.850. The van der Waals surface area contributed by atoms with Crippen LogP contribution in [0, 0.1) is 0 Å². The van der Waals surface area contributed by atoms with Gasteiger partial charge in [0, 0.05) is 0 Å². The zero-order chi connectivity index (χ0) is 6.69. The first-order valence-corrected chi connectivity index (χ1v) is 3.14. The molecule has 0 unspecified atom stereocenters. The number of aldehydes is 1. The SMILES string of the molecule is CC1=CC=C(C=O)CC1. The monoisotopic (exact) mass is 122 g/mol. The third kappa shape index (κ3) is 1.53. The third-order valence-corrected chi connectivity index (χ3v) is 1.54. The van der Waals surface area contributed by atoms with Crippen molar-refractivity contribution in [1.82, 2.24) is 0 Å². The van der Waals surface area contributed by atoms with E-state index < -0.39 is 0 Å².